The van der Waals surface area contributed by atoms with Gasteiger partial charge < -0.3 is 14.8 Å². The topological polar surface area (TPSA) is 47.6 Å². The second-order valence-corrected chi connectivity index (χ2v) is 8.00. The zero-order valence-electron chi connectivity index (χ0n) is 16.6. The number of fused-ring (bicyclic) bond motifs is 1. The minimum absolute atomic E-state index is 0. The molecule has 2 aliphatic rings. The van der Waals surface area contributed by atoms with E-state index in [0.29, 0.717) is 0 Å². The second-order valence-electron chi connectivity index (χ2n) is 8.00. The number of anilines is 1. The summed E-state index contributed by atoms with van der Waals surface area (Å²) in [7, 11) is 0. The van der Waals surface area contributed by atoms with Crippen LogP contribution < -0.4 is 14.8 Å². The molecule has 3 aromatic carbocycles. The largest absolute Gasteiger partial charge is 0.454 e. The van der Waals surface area contributed by atoms with E-state index in [9.17, 15) is 4.79 Å². The molecule has 29 heavy (non-hydrogen) atoms. The van der Waals surface area contributed by atoms with Gasteiger partial charge in [0.1, 0.15) is 0 Å². The van der Waals surface area contributed by atoms with Crippen LogP contribution in [0, 0.1) is 13.8 Å². The van der Waals surface area contributed by atoms with E-state index in [0.717, 1.165) is 52.3 Å². The van der Waals surface area contributed by atoms with Gasteiger partial charge in [0.15, 0.2) is 11.5 Å². The Hall–Kier alpha value is -3.27. The van der Waals surface area contributed by atoms with E-state index in [-0.39, 0.29) is 14.1 Å². The molecule has 0 spiro atoms. The Morgan fingerprint density at radius 2 is 1.72 bits per heavy atom. The van der Waals surface area contributed by atoms with Crippen molar-refractivity contribution in [2.75, 3.05) is 12.1 Å². The zero-order chi connectivity index (χ0) is 20.0. The molecule has 1 aliphatic heterocycles. The highest BCUT2D eigenvalue weighted by Gasteiger charge is 2.51. The van der Waals surface area contributed by atoms with Crippen LogP contribution in [0.15, 0.2) is 60.7 Å². The van der Waals surface area contributed by atoms with Crippen molar-refractivity contribution < 1.29 is 15.7 Å². The molecule has 0 saturated heterocycles. The van der Waals surface area contributed by atoms with Gasteiger partial charge in [-0.3, -0.25) is 4.79 Å². The standard InChI is InChI=1S/C25H23NO3.H2/c1-16-4-3-5-18(12-16)19-7-6-17(2)21(13-19)26-24(27)25(10-11-25)20-8-9-22-23(14-20)29-15-28-22;/h3-9,12-14H,10-11,15H2,1-2H3,(H,26,27);1H. The summed E-state index contributed by atoms with van der Waals surface area (Å²) < 4.78 is 10.9. The van der Waals surface area contributed by atoms with Crippen LogP contribution in [-0.2, 0) is 10.2 Å². The van der Waals surface area contributed by atoms with E-state index in [2.05, 4.69) is 54.7 Å². The lowest BCUT2D eigenvalue weighted by Gasteiger charge is -2.18. The predicted octanol–water partition coefficient (Wildman–Crippen LogP) is 5.62. The molecule has 1 aliphatic carbocycles. The van der Waals surface area contributed by atoms with Crippen LogP contribution in [0.1, 0.15) is 31.0 Å². The molecular formula is C25H25NO3. The van der Waals surface area contributed by atoms with Crippen LogP contribution in [-0.4, -0.2) is 12.7 Å². The first-order valence-corrected chi connectivity index (χ1v) is 9.94. The number of hydrogen-bond donors (Lipinski definition) is 1. The minimum Gasteiger partial charge on any atom is -0.454 e. The van der Waals surface area contributed by atoms with Crippen LogP contribution in [0.3, 0.4) is 0 Å². The number of ether oxygens (including phenoxy) is 2. The number of hydrogen-bond acceptors (Lipinski definition) is 3. The average Bonchev–Trinajstić information content (AvgIpc) is 3.40. The summed E-state index contributed by atoms with van der Waals surface area (Å²) in [5.41, 5.74) is 5.89. The maximum Gasteiger partial charge on any atom is 0.235 e. The number of carbonyl (C=O) groups is 1. The molecule has 148 valence electrons. The first-order valence-electron chi connectivity index (χ1n) is 9.94. The van der Waals surface area contributed by atoms with Gasteiger partial charge in [-0.2, -0.15) is 0 Å². The Labute approximate surface area is 172 Å². The highest BCUT2D eigenvalue weighted by Crippen LogP contribution is 2.51. The number of aryl methyl sites for hydroxylation is 2. The fourth-order valence-electron chi connectivity index (χ4n) is 3.97. The van der Waals surface area contributed by atoms with E-state index in [1.54, 1.807) is 0 Å². The Kier molecular flexibility index (Phi) is 4.09. The van der Waals surface area contributed by atoms with Gasteiger partial charge in [-0.25, -0.2) is 0 Å². The molecular weight excluding hydrogens is 362 g/mol. The van der Waals surface area contributed by atoms with Crippen molar-refractivity contribution in [3.8, 4) is 22.6 Å². The van der Waals surface area contributed by atoms with Crippen molar-refractivity contribution in [1.29, 1.82) is 0 Å². The van der Waals surface area contributed by atoms with Crippen molar-refractivity contribution in [3.05, 3.63) is 77.4 Å². The van der Waals surface area contributed by atoms with Crippen molar-refractivity contribution in [1.82, 2.24) is 0 Å². The van der Waals surface area contributed by atoms with E-state index in [1.807, 2.05) is 25.1 Å². The van der Waals surface area contributed by atoms with Crippen molar-refractivity contribution >= 4 is 11.6 Å². The monoisotopic (exact) mass is 387 g/mol. The molecule has 0 unspecified atom stereocenters. The molecule has 1 heterocycles. The SMILES string of the molecule is Cc1cccc(-c2ccc(C)c(NC(=O)C3(c4ccc5c(c4)OCO5)CC3)c2)c1.[HH]. The molecule has 3 aromatic rings. The van der Waals surface area contributed by atoms with Gasteiger partial charge in [-0.05, 0) is 67.1 Å². The summed E-state index contributed by atoms with van der Waals surface area (Å²) in [6, 6.07) is 20.5. The van der Waals surface area contributed by atoms with E-state index < -0.39 is 5.41 Å². The zero-order valence-corrected chi connectivity index (χ0v) is 16.6. The Balaban J connectivity index is 0.00000218. The van der Waals surface area contributed by atoms with Gasteiger partial charge >= 0.3 is 0 Å². The molecule has 0 atom stereocenters. The van der Waals surface area contributed by atoms with Crippen LogP contribution in [0.4, 0.5) is 5.69 Å². The second kappa shape index (κ2) is 6.66. The predicted molar refractivity (Wildman–Crippen MR) is 116 cm³/mol. The Morgan fingerprint density at radius 3 is 2.52 bits per heavy atom. The molecule has 1 amide bonds. The number of benzene rings is 3. The van der Waals surface area contributed by atoms with Crippen LogP contribution >= 0.6 is 0 Å². The van der Waals surface area contributed by atoms with Crippen molar-refractivity contribution in [2.45, 2.75) is 32.1 Å². The first-order chi connectivity index (χ1) is 14.0. The van der Waals surface area contributed by atoms with Gasteiger partial charge in [-0.1, -0.05) is 48.0 Å². The molecule has 1 saturated carbocycles. The molecule has 0 radical (unpaired) electrons. The van der Waals surface area contributed by atoms with Crippen molar-refractivity contribution in [2.24, 2.45) is 0 Å². The Morgan fingerprint density at radius 1 is 0.931 bits per heavy atom. The third-order valence-electron chi connectivity index (χ3n) is 5.95. The molecule has 5 rings (SSSR count). The van der Waals surface area contributed by atoms with Crippen molar-refractivity contribution in [3.63, 3.8) is 0 Å². The number of carbonyl (C=O) groups excluding carboxylic acids is 1. The summed E-state index contributed by atoms with van der Waals surface area (Å²) in [5, 5.41) is 3.19. The minimum atomic E-state index is -0.479. The van der Waals surface area contributed by atoms with Crippen LogP contribution in [0.2, 0.25) is 0 Å². The number of rotatable bonds is 4. The smallest absolute Gasteiger partial charge is 0.235 e. The molecule has 4 heteroatoms. The third-order valence-corrected chi connectivity index (χ3v) is 5.95. The highest BCUT2D eigenvalue weighted by atomic mass is 16.7. The summed E-state index contributed by atoms with van der Waals surface area (Å²) in [6.07, 6.45) is 1.68. The normalized spacial score (nSPS) is 15.8. The highest BCUT2D eigenvalue weighted by molar-refractivity contribution is 6.02. The van der Waals surface area contributed by atoms with E-state index in [1.165, 1.54) is 5.56 Å². The van der Waals surface area contributed by atoms with Gasteiger partial charge in [0.2, 0.25) is 12.7 Å². The maximum atomic E-state index is 13.3. The van der Waals surface area contributed by atoms with Gasteiger partial charge in [-0.15, -0.1) is 0 Å². The lowest BCUT2D eigenvalue weighted by Crippen LogP contribution is -2.28. The maximum absolute atomic E-state index is 13.3. The summed E-state index contributed by atoms with van der Waals surface area (Å²) >= 11 is 0. The van der Waals surface area contributed by atoms with Crippen LogP contribution in [0.5, 0.6) is 11.5 Å². The fraction of sp³-hybridized carbons (Fsp3) is 0.240. The van der Waals surface area contributed by atoms with Crippen LogP contribution in [0.25, 0.3) is 11.1 Å². The summed E-state index contributed by atoms with van der Waals surface area (Å²) in [4.78, 5) is 13.3. The quantitative estimate of drug-likeness (QED) is 0.632. The summed E-state index contributed by atoms with van der Waals surface area (Å²) in [6.45, 7) is 4.35. The van der Waals surface area contributed by atoms with Gasteiger partial charge in [0, 0.05) is 7.11 Å². The lowest BCUT2D eigenvalue weighted by atomic mass is 9.94. The molecule has 1 fully saturated rings. The lowest BCUT2D eigenvalue weighted by molar-refractivity contribution is -0.118. The fourth-order valence-corrected chi connectivity index (χ4v) is 3.97. The number of amides is 1. The van der Waals surface area contributed by atoms with Gasteiger partial charge in [0.25, 0.3) is 0 Å². The molecule has 1 N–H and O–H groups in total. The Bertz CT molecular complexity index is 1120. The molecule has 0 bridgehead atoms. The molecule has 4 nitrogen and oxygen atoms in total. The number of nitrogens with one attached hydrogen (secondary N) is 1. The summed E-state index contributed by atoms with van der Waals surface area (Å²) in [5.74, 6) is 1.51. The molecule has 0 aromatic heterocycles. The first kappa shape index (κ1) is 17.8. The van der Waals surface area contributed by atoms with Gasteiger partial charge in [0.05, 0.1) is 5.41 Å². The third kappa shape index (κ3) is 3.15. The average molecular weight is 387 g/mol. The van der Waals surface area contributed by atoms with E-state index >= 15 is 0 Å². The van der Waals surface area contributed by atoms with E-state index in [4.69, 9.17) is 9.47 Å².